The lowest BCUT2D eigenvalue weighted by molar-refractivity contribution is 0.163. The summed E-state index contributed by atoms with van der Waals surface area (Å²) in [5, 5.41) is 2.56. The molecule has 0 fully saturated rings. The van der Waals surface area contributed by atoms with Gasteiger partial charge in [0.2, 0.25) is 0 Å². The first kappa shape index (κ1) is 11.9. The maximum atomic E-state index is 11.9. The Morgan fingerprint density at radius 1 is 1.33 bits per heavy atom. The number of hydrogen-bond acceptors (Lipinski definition) is 2. The van der Waals surface area contributed by atoms with Gasteiger partial charge >= 0.3 is 0 Å². The second-order valence-electron chi connectivity index (χ2n) is 4.45. The van der Waals surface area contributed by atoms with E-state index >= 15 is 0 Å². The van der Waals surface area contributed by atoms with Crippen LogP contribution in [-0.4, -0.2) is 18.0 Å². The quantitative estimate of drug-likeness (QED) is 0.836. The van der Waals surface area contributed by atoms with Gasteiger partial charge < -0.3 is 5.32 Å². The van der Waals surface area contributed by atoms with Gasteiger partial charge in [-0.3, -0.25) is 0 Å². The molecule has 0 saturated carbocycles. The van der Waals surface area contributed by atoms with Crippen molar-refractivity contribution in [1.29, 1.82) is 0 Å². The van der Waals surface area contributed by atoms with Gasteiger partial charge in [0.25, 0.3) is 6.43 Å². The molecular formula is C11H16F2N2. The topological polar surface area (TPSA) is 24.9 Å². The molecule has 1 N–H and O–H groups in total. The van der Waals surface area contributed by atoms with Crippen molar-refractivity contribution in [2.45, 2.75) is 32.6 Å². The molecule has 0 amide bonds. The van der Waals surface area contributed by atoms with Crippen molar-refractivity contribution in [3.05, 3.63) is 23.9 Å². The van der Waals surface area contributed by atoms with Crippen molar-refractivity contribution in [2.75, 3.05) is 11.9 Å². The monoisotopic (exact) mass is 214 g/mol. The minimum absolute atomic E-state index is 0.0360. The fourth-order valence-corrected chi connectivity index (χ4v) is 1.12. The number of halogens is 2. The highest BCUT2D eigenvalue weighted by Gasteiger charge is 2.13. The molecule has 0 saturated heterocycles. The second kappa shape index (κ2) is 4.55. The molecule has 0 unspecified atom stereocenters. The molecule has 0 aliphatic carbocycles. The average molecular weight is 214 g/mol. The summed E-state index contributed by atoms with van der Waals surface area (Å²) in [6, 6.07) is 3.63. The number of alkyl halides is 2. The Morgan fingerprint density at radius 3 is 2.40 bits per heavy atom. The van der Waals surface area contributed by atoms with E-state index in [0.29, 0.717) is 5.82 Å². The third-order valence-electron chi connectivity index (χ3n) is 2.07. The molecule has 0 aliphatic rings. The number of nitrogens with zero attached hydrogens (tertiary/aromatic N) is 1. The molecule has 0 spiro atoms. The van der Waals surface area contributed by atoms with Gasteiger partial charge in [0.15, 0.2) is 0 Å². The van der Waals surface area contributed by atoms with Gasteiger partial charge in [-0.15, -0.1) is 0 Å². The fraction of sp³-hybridized carbons (Fsp3) is 0.545. The molecule has 0 radical (unpaired) electrons. The second-order valence-corrected chi connectivity index (χ2v) is 4.45. The van der Waals surface area contributed by atoms with Crippen LogP contribution >= 0.6 is 0 Å². The van der Waals surface area contributed by atoms with Gasteiger partial charge in [0, 0.05) is 6.20 Å². The summed E-state index contributed by atoms with van der Waals surface area (Å²) < 4.78 is 23.8. The summed E-state index contributed by atoms with van der Waals surface area (Å²) in [5.74, 6) is 0.489. The van der Waals surface area contributed by atoms with Crippen LogP contribution in [0.25, 0.3) is 0 Å². The Morgan fingerprint density at radius 2 is 2.00 bits per heavy atom. The predicted octanol–water partition coefficient (Wildman–Crippen LogP) is 3.06. The van der Waals surface area contributed by atoms with Crippen LogP contribution in [0.15, 0.2) is 18.3 Å². The summed E-state index contributed by atoms with van der Waals surface area (Å²) >= 11 is 0. The third-order valence-corrected chi connectivity index (χ3v) is 2.07. The maximum absolute atomic E-state index is 11.9. The highest BCUT2D eigenvalue weighted by molar-refractivity contribution is 5.37. The molecule has 1 aromatic rings. The first-order valence-corrected chi connectivity index (χ1v) is 4.88. The summed E-state index contributed by atoms with van der Waals surface area (Å²) in [7, 11) is 0. The molecule has 4 heteroatoms. The zero-order valence-corrected chi connectivity index (χ0v) is 9.22. The number of anilines is 1. The minimum Gasteiger partial charge on any atom is -0.364 e. The number of pyridine rings is 1. The molecule has 0 atom stereocenters. The molecule has 84 valence electrons. The van der Waals surface area contributed by atoms with Crippen LogP contribution < -0.4 is 5.32 Å². The average Bonchev–Trinajstić information content (AvgIpc) is 2.14. The van der Waals surface area contributed by atoms with Crippen LogP contribution in [0.1, 0.15) is 26.3 Å². The van der Waals surface area contributed by atoms with E-state index in [-0.39, 0.29) is 12.0 Å². The molecule has 1 rings (SSSR count). The predicted molar refractivity (Wildman–Crippen MR) is 57.4 cm³/mol. The van der Waals surface area contributed by atoms with Crippen molar-refractivity contribution >= 4 is 5.82 Å². The van der Waals surface area contributed by atoms with Crippen LogP contribution in [0.2, 0.25) is 0 Å². The van der Waals surface area contributed by atoms with Crippen molar-refractivity contribution in [2.24, 2.45) is 0 Å². The van der Waals surface area contributed by atoms with Gasteiger partial charge in [-0.2, -0.15) is 0 Å². The number of hydrogen-bond donors (Lipinski definition) is 1. The van der Waals surface area contributed by atoms with Gasteiger partial charge in [0.1, 0.15) is 5.82 Å². The highest BCUT2D eigenvalue weighted by Crippen LogP contribution is 2.21. The molecule has 2 nitrogen and oxygen atoms in total. The first-order valence-electron chi connectivity index (χ1n) is 4.88. The highest BCUT2D eigenvalue weighted by atomic mass is 19.3. The van der Waals surface area contributed by atoms with Gasteiger partial charge in [-0.25, -0.2) is 13.8 Å². The Bertz CT molecular complexity index is 301. The van der Waals surface area contributed by atoms with Crippen molar-refractivity contribution in [1.82, 2.24) is 4.98 Å². The van der Waals surface area contributed by atoms with Crippen LogP contribution in [-0.2, 0) is 5.41 Å². The summed E-state index contributed by atoms with van der Waals surface area (Å²) in [6.45, 7) is 5.88. The molecule has 15 heavy (non-hydrogen) atoms. The van der Waals surface area contributed by atoms with E-state index in [1.54, 1.807) is 12.3 Å². The van der Waals surface area contributed by atoms with E-state index < -0.39 is 6.43 Å². The van der Waals surface area contributed by atoms with Crippen molar-refractivity contribution in [3.63, 3.8) is 0 Å². The molecule has 0 aliphatic heterocycles. The summed E-state index contributed by atoms with van der Waals surface area (Å²) in [5.41, 5.74) is 1.12. The van der Waals surface area contributed by atoms with Crippen LogP contribution in [0.4, 0.5) is 14.6 Å². The SMILES string of the molecule is CC(C)(C)c1ccc(NCC(F)F)nc1. The Labute approximate surface area is 88.7 Å². The zero-order chi connectivity index (χ0) is 11.5. The lowest BCUT2D eigenvalue weighted by atomic mass is 9.88. The molecule has 0 aromatic carbocycles. The number of rotatable bonds is 3. The van der Waals surface area contributed by atoms with Crippen molar-refractivity contribution < 1.29 is 8.78 Å². The maximum Gasteiger partial charge on any atom is 0.255 e. The van der Waals surface area contributed by atoms with Crippen LogP contribution in [0, 0.1) is 0 Å². The first-order chi connectivity index (χ1) is 6.89. The minimum atomic E-state index is -2.35. The molecule has 1 aromatic heterocycles. The van der Waals surface area contributed by atoms with E-state index in [4.69, 9.17) is 0 Å². The summed E-state index contributed by atoms with van der Waals surface area (Å²) in [6.07, 6.45) is -0.637. The lowest BCUT2D eigenvalue weighted by Gasteiger charge is -2.18. The Kier molecular flexibility index (Phi) is 3.61. The van der Waals surface area contributed by atoms with Crippen LogP contribution in [0.3, 0.4) is 0 Å². The van der Waals surface area contributed by atoms with E-state index in [1.807, 2.05) is 6.07 Å². The van der Waals surface area contributed by atoms with Gasteiger partial charge in [0.05, 0.1) is 6.54 Å². The molecule has 0 bridgehead atoms. The van der Waals surface area contributed by atoms with E-state index in [0.717, 1.165) is 5.56 Å². The molecule has 1 heterocycles. The lowest BCUT2D eigenvalue weighted by Crippen LogP contribution is -2.14. The van der Waals surface area contributed by atoms with E-state index in [1.165, 1.54) is 0 Å². The standard InChI is InChI=1S/C11H16F2N2/c1-11(2,3)8-4-5-10(14-6-8)15-7-9(12)13/h4-6,9H,7H2,1-3H3,(H,14,15). The summed E-state index contributed by atoms with van der Waals surface area (Å²) in [4.78, 5) is 4.07. The van der Waals surface area contributed by atoms with Gasteiger partial charge in [-0.05, 0) is 17.0 Å². The molecular weight excluding hydrogens is 198 g/mol. The van der Waals surface area contributed by atoms with Crippen LogP contribution in [0.5, 0.6) is 0 Å². The Balaban J connectivity index is 2.65. The zero-order valence-electron chi connectivity index (χ0n) is 9.22. The fourth-order valence-electron chi connectivity index (χ4n) is 1.12. The Hall–Kier alpha value is -1.19. The van der Waals surface area contributed by atoms with Crippen molar-refractivity contribution in [3.8, 4) is 0 Å². The smallest absolute Gasteiger partial charge is 0.255 e. The van der Waals surface area contributed by atoms with E-state index in [9.17, 15) is 8.78 Å². The van der Waals surface area contributed by atoms with E-state index in [2.05, 4.69) is 31.1 Å². The number of nitrogens with one attached hydrogen (secondary N) is 1. The van der Waals surface area contributed by atoms with Gasteiger partial charge in [-0.1, -0.05) is 26.8 Å². The normalized spacial score (nSPS) is 11.9. The third kappa shape index (κ3) is 3.81. The number of aromatic nitrogens is 1. The largest absolute Gasteiger partial charge is 0.364 e.